The van der Waals surface area contributed by atoms with Gasteiger partial charge in [0.25, 0.3) is 0 Å². The number of hydrogen-bond donors (Lipinski definition) is 2. The van der Waals surface area contributed by atoms with E-state index in [0.29, 0.717) is 62.7 Å². The van der Waals surface area contributed by atoms with Crippen LogP contribution >= 0.6 is 20.2 Å². The van der Waals surface area contributed by atoms with Crippen LogP contribution in [0.5, 0.6) is 0 Å². The lowest BCUT2D eigenvalue weighted by molar-refractivity contribution is -0.111. The molecule has 0 aromatic heterocycles. The number of carbonyl (C=O) groups excluding carboxylic acids is 1. The van der Waals surface area contributed by atoms with Gasteiger partial charge in [-0.05, 0) is 91.7 Å². The van der Waals surface area contributed by atoms with Gasteiger partial charge in [0.05, 0.1) is 32.0 Å². The number of aliphatic hydroxyl groups is 1. The van der Waals surface area contributed by atoms with Crippen molar-refractivity contribution in [3.8, 4) is 0 Å². The number of rotatable bonds is 23. The van der Waals surface area contributed by atoms with E-state index < -0.39 is 30.6 Å². The van der Waals surface area contributed by atoms with Crippen LogP contribution in [0, 0.1) is 0 Å². The van der Waals surface area contributed by atoms with E-state index in [-0.39, 0.29) is 28.6 Å². The molecule has 0 amide bonds. The van der Waals surface area contributed by atoms with E-state index in [1.165, 1.54) is 11.8 Å². The molecule has 282 valence electrons. The molecule has 0 heterocycles. The van der Waals surface area contributed by atoms with E-state index in [0.717, 1.165) is 0 Å². The molecule has 0 fully saturated rings. The van der Waals surface area contributed by atoms with Gasteiger partial charge in [-0.15, -0.1) is 0 Å². The third-order valence-electron chi connectivity index (χ3n) is 9.42. The van der Waals surface area contributed by atoms with Crippen molar-refractivity contribution < 1.29 is 28.0 Å². The van der Waals surface area contributed by atoms with Gasteiger partial charge in [0, 0.05) is 42.9 Å². The number of carbonyl (C=O) groups is 1. The molecule has 0 aliphatic carbocycles. The zero-order valence-electron chi connectivity index (χ0n) is 33.7. The summed E-state index contributed by atoms with van der Waals surface area (Å²) in [6.45, 7) is 41.4. The van der Waals surface area contributed by atoms with Crippen molar-refractivity contribution in [1.82, 2.24) is 14.7 Å². The zero-order chi connectivity index (χ0) is 37.0. The maximum Gasteiger partial charge on any atom is 0.192 e. The fraction of sp³-hybridized carbons (Fsp3) is 0.971. The highest BCUT2D eigenvalue weighted by molar-refractivity contribution is 8.13. The summed E-state index contributed by atoms with van der Waals surface area (Å²) in [5, 5.41) is 14.3. The SMILES string of the molecule is CC(C)N(C(C)C)P(OCOCCSC(=O)CCNC(CO)(CO[Si](C)(C)C(C)(C)C)CO[Si](C)(C)C(C)(C)C)N(C(C)C)C(C)C. The van der Waals surface area contributed by atoms with Crippen LogP contribution < -0.4 is 5.32 Å². The van der Waals surface area contributed by atoms with E-state index in [2.05, 4.69) is 138 Å². The molecule has 0 aliphatic rings. The van der Waals surface area contributed by atoms with Crippen LogP contribution in [-0.4, -0.2) is 111 Å². The summed E-state index contributed by atoms with van der Waals surface area (Å²) < 4.78 is 30.4. The molecule has 0 spiro atoms. The Balaban J connectivity index is 5.21. The first-order valence-corrected chi connectivity index (χ1v) is 25.6. The molecular weight excluding hydrogens is 666 g/mol. The Labute approximate surface area is 298 Å². The molecule has 9 nitrogen and oxygen atoms in total. The van der Waals surface area contributed by atoms with Gasteiger partial charge in [-0.1, -0.05) is 53.3 Å². The van der Waals surface area contributed by atoms with Crippen LogP contribution in [-0.2, 0) is 22.9 Å². The molecule has 0 rings (SSSR count). The lowest BCUT2D eigenvalue weighted by atomic mass is 10.0. The minimum Gasteiger partial charge on any atom is -0.415 e. The summed E-state index contributed by atoms with van der Waals surface area (Å²) in [4.78, 5) is 12.8. The molecule has 13 heteroatoms. The molecule has 0 aliphatic heterocycles. The first-order chi connectivity index (χ1) is 21.2. The van der Waals surface area contributed by atoms with Crippen LogP contribution in [0.2, 0.25) is 36.3 Å². The first kappa shape index (κ1) is 47.6. The van der Waals surface area contributed by atoms with E-state index in [1.807, 2.05) is 0 Å². The van der Waals surface area contributed by atoms with Crippen molar-refractivity contribution in [2.24, 2.45) is 0 Å². The third kappa shape index (κ3) is 16.2. The number of aliphatic hydroxyl groups excluding tert-OH is 1. The largest absolute Gasteiger partial charge is 0.415 e. The molecule has 0 aromatic rings. The smallest absolute Gasteiger partial charge is 0.192 e. The average molecular weight is 742 g/mol. The highest BCUT2D eigenvalue weighted by atomic mass is 32.2. The average Bonchev–Trinajstić information content (AvgIpc) is 2.89. The Bertz CT molecular complexity index is 832. The summed E-state index contributed by atoms with van der Waals surface area (Å²) in [7, 11) is -5.15. The molecule has 0 atom stereocenters. The van der Waals surface area contributed by atoms with Gasteiger partial charge in [-0.2, -0.15) is 0 Å². The second-order valence-corrected chi connectivity index (χ2v) is 29.4. The highest BCUT2D eigenvalue weighted by Gasteiger charge is 2.43. The summed E-state index contributed by atoms with van der Waals surface area (Å²) in [6, 6.07) is 1.35. The van der Waals surface area contributed by atoms with Gasteiger partial charge in [-0.3, -0.25) is 4.79 Å². The summed E-state index contributed by atoms with van der Waals surface area (Å²) in [6.07, 6.45) is 0.337. The van der Waals surface area contributed by atoms with Crippen LogP contribution in [0.3, 0.4) is 0 Å². The predicted molar refractivity (Wildman–Crippen MR) is 209 cm³/mol. The molecule has 0 saturated heterocycles. The Kier molecular flexibility index (Phi) is 20.8. The van der Waals surface area contributed by atoms with Crippen LogP contribution in [0.25, 0.3) is 0 Å². The molecule has 0 aromatic carbocycles. The van der Waals surface area contributed by atoms with Gasteiger partial charge < -0.3 is 28.5 Å². The predicted octanol–water partition coefficient (Wildman–Crippen LogP) is 8.46. The maximum absolute atomic E-state index is 12.8. The number of nitrogens with zero attached hydrogens (tertiary/aromatic N) is 2. The normalized spacial score (nSPS) is 14.3. The van der Waals surface area contributed by atoms with Gasteiger partial charge in [0.15, 0.2) is 37.0 Å². The Hall–Kier alpha value is 0.564. The fourth-order valence-electron chi connectivity index (χ4n) is 4.46. The Morgan fingerprint density at radius 3 is 1.53 bits per heavy atom. The number of nitrogens with one attached hydrogen (secondary N) is 1. The third-order valence-corrected chi connectivity index (χ3v) is 22.2. The van der Waals surface area contributed by atoms with Crippen molar-refractivity contribution in [1.29, 1.82) is 0 Å². The first-order valence-electron chi connectivity index (χ1n) is 17.6. The summed E-state index contributed by atoms with van der Waals surface area (Å²) >= 11 is 1.28. The van der Waals surface area contributed by atoms with Crippen molar-refractivity contribution in [2.45, 2.75) is 169 Å². The molecule has 0 saturated carbocycles. The van der Waals surface area contributed by atoms with Gasteiger partial charge in [0.1, 0.15) is 0 Å². The van der Waals surface area contributed by atoms with Crippen molar-refractivity contribution >= 4 is 42.0 Å². The second kappa shape index (κ2) is 20.6. The number of thioether (sulfide) groups is 1. The topological polar surface area (TPSA) is 92.7 Å². The summed E-state index contributed by atoms with van der Waals surface area (Å²) in [5.74, 6) is 0.560. The zero-order valence-corrected chi connectivity index (χ0v) is 37.4. The Morgan fingerprint density at radius 1 is 0.787 bits per heavy atom. The van der Waals surface area contributed by atoms with Crippen molar-refractivity contribution in [3.63, 3.8) is 0 Å². The van der Waals surface area contributed by atoms with Crippen LogP contribution in [0.4, 0.5) is 0 Å². The van der Waals surface area contributed by atoms with Crippen molar-refractivity contribution in [2.75, 3.05) is 45.5 Å². The monoisotopic (exact) mass is 741 g/mol. The Morgan fingerprint density at radius 2 is 1.19 bits per heavy atom. The van der Waals surface area contributed by atoms with E-state index in [4.69, 9.17) is 18.1 Å². The standard InChI is InChI=1S/C34H76N3O6PSSi2/c1-27(2)36(28(3)4)44(37(29(5)6)30(7)8)41-26-40-21-22-45-31(39)19-20-35-34(23-38,24-42-46(15,16)32(9,10)11)25-43-47(17,18)33(12,13)14/h27-30,35,38H,19-26H2,1-18H3. The van der Waals surface area contributed by atoms with Gasteiger partial charge >= 0.3 is 0 Å². The molecule has 47 heavy (non-hydrogen) atoms. The molecule has 0 bridgehead atoms. The minimum absolute atomic E-state index is 0.0423. The van der Waals surface area contributed by atoms with E-state index >= 15 is 0 Å². The quantitative estimate of drug-likeness (QED) is 0.0460. The fourth-order valence-corrected chi connectivity index (χ4v) is 9.53. The number of ether oxygens (including phenoxy) is 1. The van der Waals surface area contributed by atoms with Crippen molar-refractivity contribution in [3.05, 3.63) is 0 Å². The van der Waals surface area contributed by atoms with E-state index in [1.54, 1.807) is 0 Å². The highest BCUT2D eigenvalue weighted by Crippen LogP contribution is 2.50. The van der Waals surface area contributed by atoms with Crippen LogP contribution in [0.1, 0.15) is 103 Å². The molecular formula is C34H76N3O6PSSi2. The maximum atomic E-state index is 12.8. The second-order valence-electron chi connectivity index (χ2n) is 17.0. The lowest BCUT2D eigenvalue weighted by Crippen LogP contribution is -2.60. The van der Waals surface area contributed by atoms with Gasteiger partial charge in [-0.25, -0.2) is 9.34 Å². The summed E-state index contributed by atoms with van der Waals surface area (Å²) in [5.41, 5.74) is -0.783. The van der Waals surface area contributed by atoms with E-state index in [9.17, 15) is 9.90 Å². The lowest BCUT2D eigenvalue weighted by Gasteiger charge is -2.45. The molecule has 2 N–H and O–H groups in total. The molecule has 0 radical (unpaired) electrons. The molecule has 0 unspecified atom stereocenters. The van der Waals surface area contributed by atoms with Gasteiger partial charge in [0.2, 0.25) is 0 Å². The van der Waals surface area contributed by atoms with Crippen LogP contribution in [0.15, 0.2) is 0 Å². The number of hydrogen-bond acceptors (Lipinski definition) is 10. The minimum atomic E-state index is -2.07.